The molecule has 1 aliphatic rings. The lowest BCUT2D eigenvalue weighted by Crippen LogP contribution is -2.38. The Bertz CT molecular complexity index is 339. The Balaban J connectivity index is 2.03. The number of hydrogen-bond donors (Lipinski definition) is 1. The molecule has 1 aromatic rings. The zero-order valence-electron chi connectivity index (χ0n) is 11.1. The van der Waals surface area contributed by atoms with Crippen LogP contribution in [0.1, 0.15) is 44.7 Å². The summed E-state index contributed by atoms with van der Waals surface area (Å²) in [5, 5.41) is 11.8. The summed E-state index contributed by atoms with van der Waals surface area (Å²) in [7, 11) is 1.94. The van der Waals surface area contributed by atoms with Crippen LogP contribution in [0.15, 0.2) is 6.20 Å². The van der Waals surface area contributed by atoms with Gasteiger partial charge in [-0.25, -0.2) is 0 Å². The van der Waals surface area contributed by atoms with Crippen LogP contribution in [0.4, 0.5) is 0 Å². The minimum absolute atomic E-state index is 0.421. The third-order valence-corrected chi connectivity index (χ3v) is 3.87. The topological polar surface area (TPSA) is 42.7 Å². The molecule has 96 valence electrons. The van der Waals surface area contributed by atoms with E-state index < -0.39 is 0 Å². The fraction of sp³-hybridized carbons (Fsp3) is 0.846. The van der Waals surface area contributed by atoms with E-state index in [1.54, 1.807) is 4.68 Å². The number of aryl methyl sites for hydroxylation is 1. The Morgan fingerprint density at radius 1 is 1.35 bits per heavy atom. The van der Waals surface area contributed by atoms with E-state index in [1.165, 1.54) is 32.1 Å². The standard InChI is InChI=1S/C13H24N4/c1-3-14-11-13(7-5-4-6-8-13)9-12-10-17(2)16-15-12/h10,14H,3-9,11H2,1-2H3. The van der Waals surface area contributed by atoms with Crippen molar-refractivity contribution in [3.63, 3.8) is 0 Å². The predicted octanol–water partition coefficient (Wildman–Crippen LogP) is 1.92. The van der Waals surface area contributed by atoms with Crippen LogP contribution in [0.3, 0.4) is 0 Å². The van der Waals surface area contributed by atoms with Gasteiger partial charge in [-0.15, -0.1) is 5.10 Å². The maximum absolute atomic E-state index is 4.25. The Kier molecular flexibility index (Phi) is 4.15. The molecular formula is C13H24N4. The fourth-order valence-electron chi connectivity index (χ4n) is 2.97. The van der Waals surface area contributed by atoms with Gasteiger partial charge in [-0.05, 0) is 31.2 Å². The molecule has 0 amide bonds. The van der Waals surface area contributed by atoms with Crippen molar-refractivity contribution >= 4 is 0 Å². The molecule has 4 nitrogen and oxygen atoms in total. The van der Waals surface area contributed by atoms with Crippen molar-refractivity contribution in [1.82, 2.24) is 20.3 Å². The summed E-state index contributed by atoms with van der Waals surface area (Å²) in [6, 6.07) is 0. The van der Waals surface area contributed by atoms with Crippen LogP contribution in [-0.2, 0) is 13.5 Å². The minimum atomic E-state index is 0.421. The van der Waals surface area contributed by atoms with Crippen LogP contribution in [0, 0.1) is 5.41 Å². The lowest BCUT2D eigenvalue weighted by atomic mass is 9.71. The number of aromatic nitrogens is 3. The van der Waals surface area contributed by atoms with Crippen LogP contribution in [-0.4, -0.2) is 28.1 Å². The summed E-state index contributed by atoms with van der Waals surface area (Å²) in [6.45, 7) is 4.36. The molecule has 0 aromatic carbocycles. The molecule has 0 saturated heterocycles. The number of nitrogens with zero attached hydrogens (tertiary/aromatic N) is 3. The van der Waals surface area contributed by atoms with Crippen LogP contribution in [0.25, 0.3) is 0 Å². The van der Waals surface area contributed by atoms with Crippen LogP contribution >= 0.6 is 0 Å². The molecule has 0 spiro atoms. The zero-order valence-corrected chi connectivity index (χ0v) is 11.1. The van der Waals surface area contributed by atoms with Gasteiger partial charge in [0.1, 0.15) is 0 Å². The number of hydrogen-bond acceptors (Lipinski definition) is 3. The molecule has 1 aromatic heterocycles. The molecule has 0 atom stereocenters. The van der Waals surface area contributed by atoms with Crippen molar-refractivity contribution in [1.29, 1.82) is 0 Å². The van der Waals surface area contributed by atoms with Crippen molar-refractivity contribution in [2.45, 2.75) is 45.4 Å². The highest BCUT2D eigenvalue weighted by Gasteiger charge is 2.32. The van der Waals surface area contributed by atoms with Gasteiger partial charge in [0.15, 0.2) is 0 Å². The average molecular weight is 236 g/mol. The molecule has 1 fully saturated rings. The van der Waals surface area contributed by atoms with Crippen LogP contribution in [0.5, 0.6) is 0 Å². The van der Waals surface area contributed by atoms with Gasteiger partial charge >= 0.3 is 0 Å². The first kappa shape index (κ1) is 12.6. The monoisotopic (exact) mass is 236 g/mol. The molecule has 0 bridgehead atoms. The highest BCUT2D eigenvalue weighted by molar-refractivity contribution is 5.00. The van der Waals surface area contributed by atoms with Crippen molar-refractivity contribution in [2.75, 3.05) is 13.1 Å². The first-order valence-electron chi connectivity index (χ1n) is 6.80. The van der Waals surface area contributed by atoms with Gasteiger partial charge in [0, 0.05) is 19.8 Å². The first-order chi connectivity index (χ1) is 8.24. The third-order valence-electron chi connectivity index (χ3n) is 3.87. The predicted molar refractivity (Wildman–Crippen MR) is 68.8 cm³/mol. The fourth-order valence-corrected chi connectivity index (χ4v) is 2.97. The number of rotatable bonds is 5. The summed E-state index contributed by atoms with van der Waals surface area (Å²) in [6.07, 6.45) is 9.93. The summed E-state index contributed by atoms with van der Waals surface area (Å²) in [5.41, 5.74) is 1.57. The van der Waals surface area contributed by atoms with Crippen molar-refractivity contribution in [3.8, 4) is 0 Å². The molecular weight excluding hydrogens is 212 g/mol. The first-order valence-corrected chi connectivity index (χ1v) is 6.80. The van der Waals surface area contributed by atoms with Crippen molar-refractivity contribution < 1.29 is 0 Å². The van der Waals surface area contributed by atoms with Gasteiger partial charge < -0.3 is 5.32 Å². The Morgan fingerprint density at radius 3 is 2.71 bits per heavy atom. The second-order valence-corrected chi connectivity index (χ2v) is 5.40. The van der Waals surface area contributed by atoms with Gasteiger partial charge in [-0.3, -0.25) is 4.68 Å². The minimum Gasteiger partial charge on any atom is -0.316 e. The molecule has 0 aliphatic heterocycles. The molecule has 1 heterocycles. The summed E-state index contributed by atoms with van der Waals surface area (Å²) in [5.74, 6) is 0. The largest absolute Gasteiger partial charge is 0.316 e. The Labute approximate surface area is 104 Å². The van der Waals surface area contributed by atoms with E-state index in [9.17, 15) is 0 Å². The maximum Gasteiger partial charge on any atom is 0.0833 e. The SMILES string of the molecule is CCNCC1(Cc2cn(C)nn2)CCCCC1. The molecule has 0 radical (unpaired) electrons. The quantitative estimate of drug-likeness (QED) is 0.849. The van der Waals surface area contributed by atoms with E-state index >= 15 is 0 Å². The lowest BCUT2D eigenvalue weighted by molar-refractivity contribution is 0.180. The van der Waals surface area contributed by atoms with Gasteiger partial charge in [0.05, 0.1) is 5.69 Å². The third kappa shape index (κ3) is 3.28. The Hall–Kier alpha value is -0.900. The molecule has 2 rings (SSSR count). The molecule has 1 aliphatic carbocycles. The number of nitrogens with one attached hydrogen (secondary N) is 1. The lowest BCUT2D eigenvalue weighted by Gasteiger charge is -2.37. The van der Waals surface area contributed by atoms with E-state index in [4.69, 9.17) is 0 Å². The highest BCUT2D eigenvalue weighted by Crippen LogP contribution is 2.38. The highest BCUT2D eigenvalue weighted by atomic mass is 15.4. The second-order valence-electron chi connectivity index (χ2n) is 5.40. The van der Waals surface area contributed by atoms with E-state index in [2.05, 4.69) is 28.7 Å². The summed E-state index contributed by atoms with van der Waals surface area (Å²) < 4.78 is 1.80. The smallest absolute Gasteiger partial charge is 0.0833 e. The summed E-state index contributed by atoms with van der Waals surface area (Å²) in [4.78, 5) is 0. The van der Waals surface area contributed by atoms with Gasteiger partial charge in [-0.2, -0.15) is 0 Å². The molecule has 4 heteroatoms. The molecule has 17 heavy (non-hydrogen) atoms. The molecule has 0 unspecified atom stereocenters. The van der Waals surface area contributed by atoms with Crippen LogP contribution in [0.2, 0.25) is 0 Å². The zero-order chi connectivity index (χ0) is 12.1. The van der Waals surface area contributed by atoms with Crippen LogP contribution < -0.4 is 5.32 Å². The van der Waals surface area contributed by atoms with Gasteiger partial charge in [-0.1, -0.05) is 31.4 Å². The van der Waals surface area contributed by atoms with E-state index in [1.807, 2.05) is 7.05 Å². The van der Waals surface area contributed by atoms with Crippen molar-refractivity contribution in [2.24, 2.45) is 12.5 Å². The normalized spacial score (nSPS) is 19.4. The van der Waals surface area contributed by atoms with E-state index in [0.29, 0.717) is 5.41 Å². The second kappa shape index (κ2) is 5.63. The van der Waals surface area contributed by atoms with E-state index in [-0.39, 0.29) is 0 Å². The molecule has 1 N–H and O–H groups in total. The maximum atomic E-state index is 4.25. The Morgan fingerprint density at radius 2 is 2.12 bits per heavy atom. The van der Waals surface area contributed by atoms with Gasteiger partial charge in [0.2, 0.25) is 0 Å². The molecule has 1 saturated carbocycles. The van der Waals surface area contributed by atoms with E-state index in [0.717, 1.165) is 25.2 Å². The van der Waals surface area contributed by atoms with Crippen molar-refractivity contribution in [3.05, 3.63) is 11.9 Å². The van der Waals surface area contributed by atoms with Gasteiger partial charge in [0.25, 0.3) is 0 Å². The summed E-state index contributed by atoms with van der Waals surface area (Å²) >= 11 is 0. The average Bonchev–Trinajstić information content (AvgIpc) is 2.73.